The van der Waals surface area contributed by atoms with E-state index in [4.69, 9.17) is 0 Å². The van der Waals surface area contributed by atoms with Crippen molar-refractivity contribution in [2.24, 2.45) is 0 Å². The van der Waals surface area contributed by atoms with E-state index in [1.54, 1.807) is 12.1 Å². The van der Waals surface area contributed by atoms with Crippen LogP contribution in [-0.2, 0) is 17.4 Å². The number of hydrogen-bond acceptors (Lipinski definition) is 3. The number of benzene rings is 2. The Morgan fingerprint density at radius 1 is 1.03 bits per heavy atom. The number of hydrogen-bond donors (Lipinski definition) is 1. The molecule has 0 radical (unpaired) electrons. The standard InChI is InChI=1S/C25H23F3N2O2/c1-14-2-3-15-4-10-19(23(31)20(15)12-14)24(32)29-22-11-9-18(13-21(22)25(26,27)28)30-16-5-6-17(30)8-7-16/h2-3,9-13,16-17H,4-8H2,1H3,(H,29,32). The fourth-order valence-corrected chi connectivity index (χ4v) is 5.29. The first kappa shape index (κ1) is 20.8. The average Bonchev–Trinajstić information content (AvgIpc) is 3.34. The van der Waals surface area contributed by atoms with Gasteiger partial charge in [-0.05, 0) is 68.9 Å². The van der Waals surface area contributed by atoms with Gasteiger partial charge in [-0.2, -0.15) is 13.2 Å². The zero-order valence-electron chi connectivity index (χ0n) is 17.6. The molecule has 4 nitrogen and oxygen atoms in total. The van der Waals surface area contributed by atoms with Crippen molar-refractivity contribution in [2.45, 2.75) is 57.3 Å². The number of carbonyl (C=O) groups is 2. The van der Waals surface area contributed by atoms with E-state index in [1.165, 1.54) is 12.1 Å². The lowest BCUT2D eigenvalue weighted by molar-refractivity contribution is -0.136. The van der Waals surface area contributed by atoms with Crippen molar-refractivity contribution < 1.29 is 22.8 Å². The van der Waals surface area contributed by atoms with Crippen LogP contribution in [-0.4, -0.2) is 23.8 Å². The van der Waals surface area contributed by atoms with Gasteiger partial charge in [-0.1, -0.05) is 23.8 Å². The van der Waals surface area contributed by atoms with E-state index in [2.05, 4.69) is 10.2 Å². The fourth-order valence-electron chi connectivity index (χ4n) is 5.29. The number of rotatable bonds is 3. The molecule has 0 saturated carbocycles. The monoisotopic (exact) mass is 440 g/mol. The summed E-state index contributed by atoms with van der Waals surface area (Å²) < 4.78 is 41.7. The normalized spacial score (nSPS) is 22.1. The SMILES string of the molecule is Cc1ccc2c(c1)C(=O)C(C(=O)Nc1ccc(N3C4CCC3CC4)cc1C(F)(F)F)=CC2. The summed E-state index contributed by atoms with van der Waals surface area (Å²) in [7, 11) is 0. The van der Waals surface area contributed by atoms with E-state index in [9.17, 15) is 22.8 Å². The summed E-state index contributed by atoms with van der Waals surface area (Å²) in [5, 5.41) is 2.35. The summed E-state index contributed by atoms with van der Waals surface area (Å²) in [6.07, 6.45) is 1.24. The van der Waals surface area contributed by atoms with Gasteiger partial charge < -0.3 is 10.2 Å². The van der Waals surface area contributed by atoms with E-state index < -0.39 is 23.4 Å². The zero-order valence-corrected chi connectivity index (χ0v) is 17.6. The number of nitrogens with one attached hydrogen (secondary N) is 1. The number of allylic oxidation sites excluding steroid dienone is 1. The Morgan fingerprint density at radius 2 is 1.72 bits per heavy atom. The van der Waals surface area contributed by atoms with Gasteiger partial charge in [0.15, 0.2) is 5.78 Å². The van der Waals surface area contributed by atoms with Gasteiger partial charge in [0, 0.05) is 23.3 Å². The number of nitrogens with zero attached hydrogens (tertiary/aromatic N) is 1. The van der Waals surface area contributed by atoms with Crippen LogP contribution in [0, 0.1) is 6.92 Å². The summed E-state index contributed by atoms with van der Waals surface area (Å²) in [6.45, 7) is 1.84. The van der Waals surface area contributed by atoms with Gasteiger partial charge in [0.2, 0.25) is 0 Å². The number of fused-ring (bicyclic) bond motifs is 3. The van der Waals surface area contributed by atoms with E-state index in [0.717, 1.165) is 42.9 Å². The highest BCUT2D eigenvalue weighted by Gasteiger charge is 2.41. The highest BCUT2D eigenvalue weighted by Crippen LogP contribution is 2.44. The minimum absolute atomic E-state index is 0.127. The first-order valence-electron chi connectivity index (χ1n) is 10.9. The van der Waals surface area contributed by atoms with Crippen LogP contribution in [0.25, 0.3) is 0 Å². The number of carbonyl (C=O) groups excluding carboxylic acids is 2. The molecule has 3 aliphatic rings. The molecule has 2 aliphatic heterocycles. The number of amides is 1. The summed E-state index contributed by atoms with van der Waals surface area (Å²) in [6, 6.07) is 10.1. The molecule has 0 unspecified atom stereocenters. The second-order valence-electron chi connectivity index (χ2n) is 8.86. The van der Waals surface area contributed by atoms with Crippen molar-refractivity contribution in [3.63, 3.8) is 0 Å². The Bertz CT molecular complexity index is 1130. The lowest BCUT2D eigenvalue weighted by Gasteiger charge is -2.26. The lowest BCUT2D eigenvalue weighted by Crippen LogP contribution is -2.29. The van der Waals surface area contributed by atoms with Gasteiger partial charge >= 0.3 is 6.18 Å². The van der Waals surface area contributed by atoms with Crippen LogP contribution in [0.4, 0.5) is 24.5 Å². The van der Waals surface area contributed by atoms with E-state index in [0.29, 0.717) is 17.7 Å². The molecule has 2 aromatic carbocycles. The third-order valence-electron chi connectivity index (χ3n) is 6.83. The maximum atomic E-state index is 13.9. The van der Waals surface area contributed by atoms with Crippen LogP contribution >= 0.6 is 0 Å². The maximum Gasteiger partial charge on any atom is 0.418 e. The first-order valence-corrected chi connectivity index (χ1v) is 10.9. The number of anilines is 2. The van der Waals surface area contributed by atoms with Crippen LogP contribution < -0.4 is 10.2 Å². The molecule has 2 fully saturated rings. The summed E-state index contributed by atoms with van der Waals surface area (Å²) in [4.78, 5) is 27.8. The Morgan fingerprint density at radius 3 is 2.38 bits per heavy atom. The number of ketones is 1. The molecule has 1 N–H and O–H groups in total. The molecule has 2 heterocycles. The molecule has 1 amide bonds. The number of aryl methyl sites for hydroxylation is 1. The lowest BCUT2D eigenvalue weighted by atomic mass is 9.89. The van der Waals surface area contributed by atoms with Gasteiger partial charge in [0.05, 0.1) is 16.8 Å². The Labute approximate surface area is 184 Å². The molecule has 0 aromatic heterocycles. The van der Waals surface area contributed by atoms with Crippen LogP contribution in [0.5, 0.6) is 0 Å². The van der Waals surface area contributed by atoms with Crippen molar-refractivity contribution in [3.05, 3.63) is 70.3 Å². The van der Waals surface area contributed by atoms with Gasteiger partial charge in [0.25, 0.3) is 5.91 Å². The molecular weight excluding hydrogens is 417 g/mol. The highest BCUT2D eigenvalue weighted by molar-refractivity contribution is 6.29. The van der Waals surface area contributed by atoms with Gasteiger partial charge in [-0.25, -0.2) is 0 Å². The molecule has 0 atom stereocenters. The predicted octanol–water partition coefficient (Wildman–Crippen LogP) is 5.45. The molecule has 5 rings (SSSR count). The van der Waals surface area contributed by atoms with Gasteiger partial charge in [-0.3, -0.25) is 9.59 Å². The molecule has 2 aromatic rings. The highest BCUT2D eigenvalue weighted by atomic mass is 19.4. The first-order chi connectivity index (χ1) is 15.2. The van der Waals surface area contributed by atoms with Crippen molar-refractivity contribution in [1.82, 2.24) is 0 Å². The van der Waals surface area contributed by atoms with Crippen LogP contribution in [0.1, 0.15) is 52.7 Å². The summed E-state index contributed by atoms with van der Waals surface area (Å²) in [5.41, 5.74) is 1.29. The molecule has 166 valence electrons. The summed E-state index contributed by atoms with van der Waals surface area (Å²) in [5.74, 6) is -1.28. The van der Waals surface area contributed by atoms with Gasteiger partial charge in [-0.15, -0.1) is 0 Å². The van der Waals surface area contributed by atoms with E-state index in [1.807, 2.05) is 19.1 Å². The van der Waals surface area contributed by atoms with E-state index in [-0.39, 0.29) is 23.3 Å². The average molecular weight is 440 g/mol. The second kappa shape index (κ2) is 7.50. The second-order valence-corrected chi connectivity index (χ2v) is 8.86. The third kappa shape index (κ3) is 3.49. The Kier molecular flexibility index (Phi) is 4.87. The zero-order chi connectivity index (χ0) is 22.6. The number of alkyl halides is 3. The molecular formula is C25H23F3N2O2. The largest absolute Gasteiger partial charge is 0.418 e. The topological polar surface area (TPSA) is 49.4 Å². The van der Waals surface area contributed by atoms with Crippen LogP contribution in [0.2, 0.25) is 0 Å². The number of Topliss-reactive ketones (excluding diaryl/α,β-unsaturated/α-hetero) is 1. The molecule has 0 spiro atoms. The molecule has 7 heteroatoms. The Balaban J connectivity index is 1.43. The quantitative estimate of drug-likeness (QED) is 0.646. The molecule has 2 saturated heterocycles. The van der Waals surface area contributed by atoms with Gasteiger partial charge in [0.1, 0.15) is 0 Å². The summed E-state index contributed by atoms with van der Waals surface area (Å²) >= 11 is 0. The van der Waals surface area contributed by atoms with Crippen molar-refractivity contribution in [3.8, 4) is 0 Å². The minimum Gasteiger partial charge on any atom is -0.366 e. The molecule has 1 aliphatic carbocycles. The smallest absolute Gasteiger partial charge is 0.366 e. The fraction of sp³-hybridized carbons (Fsp3) is 0.360. The molecule has 32 heavy (non-hydrogen) atoms. The maximum absolute atomic E-state index is 13.9. The minimum atomic E-state index is -4.63. The number of halogens is 3. The van der Waals surface area contributed by atoms with E-state index >= 15 is 0 Å². The van der Waals surface area contributed by atoms with Crippen molar-refractivity contribution in [2.75, 3.05) is 10.2 Å². The third-order valence-corrected chi connectivity index (χ3v) is 6.83. The van der Waals surface area contributed by atoms with Crippen molar-refractivity contribution >= 4 is 23.1 Å². The van der Waals surface area contributed by atoms with Crippen molar-refractivity contribution in [1.29, 1.82) is 0 Å². The Hall–Kier alpha value is -3.09. The predicted molar refractivity (Wildman–Crippen MR) is 116 cm³/mol. The molecule has 2 bridgehead atoms. The van der Waals surface area contributed by atoms with Crippen LogP contribution in [0.15, 0.2) is 48.0 Å². The van der Waals surface area contributed by atoms with Crippen LogP contribution in [0.3, 0.4) is 0 Å².